The van der Waals surface area contributed by atoms with Crippen LogP contribution in [0.4, 0.5) is 0 Å². The lowest BCUT2D eigenvalue weighted by Crippen LogP contribution is -1.98. The highest BCUT2D eigenvalue weighted by atomic mass is 79.9. The van der Waals surface area contributed by atoms with E-state index in [0.29, 0.717) is 15.1 Å². The molecule has 0 heterocycles. The summed E-state index contributed by atoms with van der Waals surface area (Å²) in [4.78, 5) is 10.9. The van der Waals surface area contributed by atoms with Crippen LogP contribution in [0.25, 0.3) is 0 Å². The number of carbonyl (C=O) groups is 1. The molecule has 0 spiro atoms. The Balaban J connectivity index is 3.25. The number of phenolic OH excluding ortho intramolecular Hbond substituents is 1. The van der Waals surface area contributed by atoms with E-state index in [1.54, 1.807) is 13.0 Å². The van der Waals surface area contributed by atoms with Gasteiger partial charge in [-0.15, -0.1) is 0 Å². The summed E-state index contributed by atoms with van der Waals surface area (Å²) in [7, 11) is 0. The highest BCUT2D eigenvalue weighted by molar-refractivity contribution is 9.10. The highest BCUT2D eigenvalue weighted by Crippen LogP contribution is 2.35. The molecule has 1 aromatic carbocycles. The number of hydrogen-bond acceptors (Lipinski definition) is 2. The molecule has 0 aliphatic heterocycles. The topological polar surface area (TPSA) is 37.3 Å². The van der Waals surface area contributed by atoms with Gasteiger partial charge in [0.15, 0.2) is 0 Å². The van der Waals surface area contributed by atoms with Crippen molar-refractivity contribution in [3.05, 3.63) is 26.7 Å². The first-order valence-corrected chi connectivity index (χ1v) is 5.26. The molecule has 0 radical (unpaired) electrons. The summed E-state index contributed by atoms with van der Waals surface area (Å²) in [6.45, 7) is 3.27. The van der Waals surface area contributed by atoms with Gasteiger partial charge in [0.25, 0.3) is 0 Å². The quantitative estimate of drug-likeness (QED) is 0.901. The number of phenols is 1. The predicted molar refractivity (Wildman–Crippen MR) is 59.9 cm³/mol. The predicted octanol–water partition coefficient (Wildman–Crippen LogP) is 3.25. The number of rotatable bonds is 2. The van der Waals surface area contributed by atoms with Gasteiger partial charge in [0, 0.05) is 17.0 Å². The van der Waals surface area contributed by atoms with Crippen molar-refractivity contribution in [1.29, 1.82) is 0 Å². The van der Waals surface area contributed by atoms with Crippen molar-refractivity contribution in [3.8, 4) is 5.75 Å². The smallest absolute Gasteiger partial charge is 0.134 e. The molecule has 0 fully saturated rings. The molecule has 1 aromatic rings. The summed E-state index contributed by atoms with van der Waals surface area (Å²) in [5.74, 6) is 0.0919. The maximum Gasteiger partial charge on any atom is 0.134 e. The van der Waals surface area contributed by atoms with Gasteiger partial charge in [0.1, 0.15) is 11.5 Å². The third kappa shape index (κ3) is 2.28. The van der Waals surface area contributed by atoms with Crippen LogP contribution in [0.3, 0.4) is 0 Å². The van der Waals surface area contributed by atoms with Crippen LogP contribution in [0.15, 0.2) is 10.5 Å². The number of hydrogen-bond donors (Lipinski definition) is 1. The monoisotopic (exact) mass is 276 g/mol. The van der Waals surface area contributed by atoms with Gasteiger partial charge >= 0.3 is 0 Å². The molecule has 0 aliphatic rings. The molecule has 0 bridgehead atoms. The van der Waals surface area contributed by atoms with Gasteiger partial charge in [0.05, 0.1) is 4.47 Å². The molecular formula is C10H10BrClO2. The summed E-state index contributed by atoms with van der Waals surface area (Å²) in [5, 5.41) is 10.2. The zero-order valence-electron chi connectivity index (χ0n) is 7.90. The van der Waals surface area contributed by atoms with E-state index < -0.39 is 0 Å². The van der Waals surface area contributed by atoms with Crippen molar-refractivity contribution in [2.45, 2.75) is 20.3 Å². The fourth-order valence-corrected chi connectivity index (χ4v) is 1.96. The fourth-order valence-electron chi connectivity index (χ4n) is 1.16. The van der Waals surface area contributed by atoms with Crippen LogP contribution in [0.5, 0.6) is 5.75 Å². The van der Waals surface area contributed by atoms with E-state index in [1.165, 1.54) is 6.92 Å². The Morgan fingerprint density at radius 1 is 1.64 bits per heavy atom. The first kappa shape index (κ1) is 11.5. The van der Waals surface area contributed by atoms with Crippen LogP contribution in [0.1, 0.15) is 18.1 Å². The molecule has 76 valence electrons. The first-order valence-electron chi connectivity index (χ1n) is 4.09. The van der Waals surface area contributed by atoms with Crippen LogP contribution in [-0.2, 0) is 11.2 Å². The highest BCUT2D eigenvalue weighted by Gasteiger charge is 2.12. The summed E-state index contributed by atoms with van der Waals surface area (Å²) in [6.07, 6.45) is 0.199. The van der Waals surface area contributed by atoms with E-state index in [-0.39, 0.29) is 18.0 Å². The van der Waals surface area contributed by atoms with Crippen molar-refractivity contribution in [3.63, 3.8) is 0 Å². The minimum Gasteiger partial charge on any atom is -0.506 e. The normalized spacial score (nSPS) is 10.3. The van der Waals surface area contributed by atoms with Gasteiger partial charge in [0.2, 0.25) is 0 Å². The second kappa shape index (κ2) is 4.32. The number of benzene rings is 1. The Labute approximate surface area is 96.0 Å². The first-order chi connectivity index (χ1) is 6.43. The average Bonchev–Trinajstić information content (AvgIpc) is 2.10. The van der Waals surface area contributed by atoms with Crippen molar-refractivity contribution in [1.82, 2.24) is 0 Å². The lowest BCUT2D eigenvalue weighted by molar-refractivity contribution is -0.116. The Hall–Kier alpha value is -0.540. The largest absolute Gasteiger partial charge is 0.506 e. The summed E-state index contributed by atoms with van der Waals surface area (Å²) in [5.41, 5.74) is 1.33. The van der Waals surface area contributed by atoms with Crippen LogP contribution < -0.4 is 0 Å². The Kier molecular flexibility index (Phi) is 3.56. The number of carbonyl (C=O) groups excluding carboxylic acids is 1. The zero-order valence-corrected chi connectivity index (χ0v) is 10.2. The number of halogens is 2. The van der Waals surface area contributed by atoms with Crippen molar-refractivity contribution in [2.24, 2.45) is 0 Å². The third-order valence-electron chi connectivity index (χ3n) is 1.94. The zero-order chi connectivity index (χ0) is 10.9. The fraction of sp³-hybridized carbons (Fsp3) is 0.300. The molecule has 2 nitrogen and oxygen atoms in total. The molecule has 0 aliphatic carbocycles. The van der Waals surface area contributed by atoms with E-state index in [0.717, 1.165) is 5.56 Å². The maximum absolute atomic E-state index is 10.9. The van der Waals surface area contributed by atoms with Crippen LogP contribution >= 0.6 is 27.5 Å². The van der Waals surface area contributed by atoms with Gasteiger partial charge in [-0.2, -0.15) is 0 Å². The standard InChI is InChI=1S/C10H10BrClO2/c1-5(13)3-7-4-8(12)6(2)9(11)10(7)14/h4,14H,3H2,1-2H3. The maximum atomic E-state index is 10.9. The van der Waals surface area contributed by atoms with Gasteiger partial charge in [-0.3, -0.25) is 4.79 Å². The molecule has 0 aromatic heterocycles. The van der Waals surface area contributed by atoms with Crippen molar-refractivity contribution < 1.29 is 9.90 Å². The molecular weight excluding hydrogens is 267 g/mol. The van der Waals surface area contributed by atoms with Crippen molar-refractivity contribution >= 4 is 33.3 Å². The van der Waals surface area contributed by atoms with Gasteiger partial charge in [-0.25, -0.2) is 0 Å². The van der Waals surface area contributed by atoms with E-state index in [4.69, 9.17) is 11.6 Å². The number of ketones is 1. The Morgan fingerprint density at radius 3 is 2.71 bits per heavy atom. The molecule has 0 saturated heterocycles. The average molecular weight is 278 g/mol. The number of aromatic hydroxyl groups is 1. The van der Waals surface area contributed by atoms with E-state index in [1.807, 2.05) is 0 Å². The van der Waals surface area contributed by atoms with Crippen LogP contribution in [0.2, 0.25) is 5.02 Å². The molecule has 4 heteroatoms. The van der Waals surface area contributed by atoms with Crippen LogP contribution in [-0.4, -0.2) is 10.9 Å². The summed E-state index contributed by atoms with van der Waals surface area (Å²) >= 11 is 9.15. The molecule has 1 N–H and O–H groups in total. The van der Waals surface area contributed by atoms with Gasteiger partial charge < -0.3 is 5.11 Å². The third-order valence-corrected chi connectivity index (χ3v) is 3.30. The van der Waals surface area contributed by atoms with Gasteiger partial charge in [-0.1, -0.05) is 11.6 Å². The minimum atomic E-state index is -0.00730. The molecule has 1 rings (SSSR count). The minimum absolute atomic E-state index is 0.00730. The Bertz CT molecular complexity index is 388. The summed E-state index contributed by atoms with van der Waals surface area (Å²) in [6, 6.07) is 1.62. The van der Waals surface area contributed by atoms with E-state index in [9.17, 15) is 9.90 Å². The number of Topliss-reactive ketones (excluding diaryl/α,β-unsaturated/α-hetero) is 1. The molecule has 0 atom stereocenters. The Morgan fingerprint density at radius 2 is 2.21 bits per heavy atom. The molecule has 14 heavy (non-hydrogen) atoms. The second-order valence-electron chi connectivity index (χ2n) is 3.18. The van der Waals surface area contributed by atoms with Gasteiger partial charge in [-0.05, 0) is 41.4 Å². The van der Waals surface area contributed by atoms with E-state index >= 15 is 0 Å². The lowest BCUT2D eigenvalue weighted by Gasteiger charge is -2.09. The molecule has 0 unspecified atom stereocenters. The lowest BCUT2D eigenvalue weighted by atomic mass is 10.1. The van der Waals surface area contributed by atoms with Crippen molar-refractivity contribution in [2.75, 3.05) is 0 Å². The van der Waals surface area contributed by atoms with Crippen LogP contribution in [0, 0.1) is 6.92 Å². The second-order valence-corrected chi connectivity index (χ2v) is 4.38. The molecule has 0 saturated carbocycles. The van der Waals surface area contributed by atoms with E-state index in [2.05, 4.69) is 15.9 Å². The molecule has 0 amide bonds. The SMILES string of the molecule is CC(=O)Cc1cc(Cl)c(C)c(Br)c1O. The summed E-state index contributed by atoms with van der Waals surface area (Å²) < 4.78 is 0.557.